The number of anilines is 1. The molecule has 2 N–H and O–H groups in total. The quantitative estimate of drug-likeness (QED) is 0.867. The Morgan fingerprint density at radius 2 is 2.32 bits per heavy atom. The molecule has 0 aromatic carbocycles. The second kappa shape index (κ2) is 6.28. The summed E-state index contributed by atoms with van der Waals surface area (Å²) in [6, 6.07) is 3.63. The Hall–Kier alpha value is -1.23. The van der Waals surface area contributed by atoms with Gasteiger partial charge >= 0.3 is 5.97 Å². The monoisotopic (exact) mass is 280 g/mol. The van der Waals surface area contributed by atoms with Crippen molar-refractivity contribution in [2.45, 2.75) is 44.4 Å². The summed E-state index contributed by atoms with van der Waals surface area (Å²) in [7, 11) is 0. The second-order valence-corrected chi connectivity index (χ2v) is 6.38. The zero-order valence-electron chi connectivity index (χ0n) is 11.3. The number of rotatable bonds is 5. The lowest BCUT2D eigenvalue weighted by atomic mass is 10.2. The smallest absolute Gasteiger partial charge is 0.335 e. The first-order chi connectivity index (χ1) is 9.10. The van der Waals surface area contributed by atoms with Gasteiger partial charge in [0.05, 0.1) is 5.56 Å². The van der Waals surface area contributed by atoms with E-state index in [2.05, 4.69) is 17.2 Å². The number of aryl methyl sites for hydroxylation is 1. The molecular formula is C14H20N2O2S. The van der Waals surface area contributed by atoms with Crippen molar-refractivity contribution in [2.24, 2.45) is 0 Å². The number of nitrogens with zero attached hydrogens (tertiary/aromatic N) is 1. The van der Waals surface area contributed by atoms with Crippen LogP contribution in [0.25, 0.3) is 0 Å². The van der Waals surface area contributed by atoms with Gasteiger partial charge in [-0.1, -0.05) is 13.3 Å². The molecule has 2 atom stereocenters. The van der Waals surface area contributed by atoms with E-state index in [1.807, 2.05) is 18.7 Å². The summed E-state index contributed by atoms with van der Waals surface area (Å²) in [5.74, 6) is 0.898. The summed E-state index contributed by atoms with van der Waals surface area (Å²) in [5.41, 5.74) is 1.03. The number of aromatic nitrogens is 1. The summed E-state index contributed by atoms with van der Waals surface area (Å²) >= 11 is 1.97. The topological polar surface area (TPSA) is 62.2 Å². The Bertz CT molecular complexity index is 465. The van der Waals surface area contributed by atoms with E-state index in [1.54, 1.807) is 12.1 Å². The standard InChI is InChI=1S/C14H20N2O2S/c1-3-19-12-6-4-5-11(12)16-13-8-10(14(17)18)7-9(2)15-13/h7-8,11-12H,3-6H2,1-2H3,(H,15,16)(H,17,18). The number of hydrogen-bond acceptors (Lipinski definition) is 4. The molecule has 0 bridgehead atoms. The van der Waals surface area contributed by atoms with E-state index in [1.165, 1.54) is 12.8 Å². The summed E-state index contributed by atoms with van der Waals surface area (Å²) in [6.07, 6.45) is 3.59. The minimum atomic E-state index is -0.903. The largest absolute Gasteiger partial charge is 0.478 e. The first kappa shape index (κ1) is 14.2. The highest BCUT2D eigenvalue weighted by Crippen LogP contribution is 2.31. The van der Waals surface area contributed by atoms with Crippen molar-refractivity contribution in [3.8, 4) is 0 Å². The summed E-state index contributed by atoms with van der Waals surface area (Å²) < 4.78 is 0. The highest BCUT2D eigenvalue weighted by molar-refractivity contribution is 7.99. The zero-order valence-corrected chi connectivity index (χ0v) is 12.2. The summed E-state index contributed by atoms with van der Waals surface area (Å²) in [4.78, 5) is 15.4. The van der Waals surface area contributed by atoms with E-state index in [-0.39, 0.29) is 0 Å². The molecule has 0 aliphatic heterocycles. The third-order valence-corrected chi connectivity index (χ3v) is 4.69. The molecule has 0 radical (unpaired) electrons. The number of thioether (sulfide) groups is 1. The number of carbonyl (C=O) groups is 1. The molecule has 0 spiro atoms. The number of carboxylic acids is 1. The van der Waals surface area contributed by atoms with Gasteiger partial charge in [0.1, 0.15) is 5.82 Å². The van der Waals surface area contributed by atoms with E-state index in [0.29, 0.717) is 22.7 Å². The molecule has 104 valence electrons. The lowest BCUT2D eigenvalue weighted by Gasteiger charge is -2.21. The van der Waals surface area contributed by atoms with Crippen LogP contribution in [-0.2, 0) is 0 Å². The van der Waals surface area contributed by atoms with Crippen LogP contribution < -0.4 is 5.32 Å². The Balaban J connectivity index is 2.12. The molecule has 1 heterocycles. The summed E-state index contributed by atoms with van der Waals surface area (Å²) in [6.45, 7) is 4.00. The van der Waals surface area contributed by atoms with Crippen LogP contribution in [-0.4, -0.2) is 33.1 Å². The molecule has 1 aliphatic carbocycles. The average molecular weight is 280 g/mol. The molecule has 0 amide bonds. The van der Waals surface area contributed by atoms with Crippen LogP contribution in [0.1, 0.15) is 42.2 Å². The van der Waals surface area contributed by atoms with E-state index in [0.717, 1.165) is 17.9 Å². The van der Waals surface area contributed by atoms with Gasteiger partial charge in [0.25, 0.3) is 0 Å². The molecule has 5 heteroatoms. The molecule has 2 rings (SSSR count). The minimum Gasteiger partial charge on any atom is -0.478 e. The van der Waals surface area contributed by atoms with Gasteiger partial charge < -0.3 is 10.4 Å². The Kier molecular flexibility index (Phi) is 4.69. The van der Waals surface area contributed by atoms with Crippen molar-refractivity contribution in [1.29, 1.82) is 0 Å². The van der Waals surface area contributed by atoms with Gasteiger partial charge in [0.15, 0.2) is 0 Å². The Labute approximate surface area is 118 Å². The molecule has 4 nitrogen and oxygen atoms in total. The predicted molar refractivity (Wildman–Crippen MR) is 79.1 cm³/mol. The number of nitrogens with one attached hydrogen (secondary N) is 1. The molecule has 1 aromatic heterocycles. The van der Waals surface area contributed by atoms with E-state index in [4.69, 9.17) is 5.11 Å². The number of carboxylic acid groups (broad SMARTS) is 1. The van der Waals surface area contributed by atoms with Crippen molar-refractivity contribution in [1.82, 2.24) is 4.98 Å². The molecule has 1 saturated carbocycles. The fourth-order valence-electron chi connectivity index (χ4n) is 2.56. The van der Waals surface area contributed by atoms with Crippen LogP contribution in [0.3, 0.4) is 0 Å². The van der Waals surface area contributed by atoms with Gasteiger partial charge in [-0.05, 0) is 37.7 Å². The summed E-state index contributed by atoms with van der Waals surface area (Å²) in [5, 5.41) is 13.1. The van der Waals surface area contributed by atoms with Crippen LogP contribution in [0.2, 0.25) is 0 Å². The molecular weight excluding hydrogens is 260 g/mol. The number of aromatic carboxylic acids is 1. The van der Waals surface area contributed by atoms with Gasteiger partial charge in [-0.3, -0.25) is 0 Å². The van der Waals surface area contributed by atoms with Gasteiger partial charge in [-0.25, -0.2) is 9.78 Å². The van der Waals surface area contributed by atoms with Crippen molar-refractivity contribution < 1.29 is 9.90 Å². The maximum atomic E-state index is 11.0. The number of hydrogen-bond donors (Lipinski definition) is 2. The van der Waals surface area contributed by atoms with E-state index < -0.39 is 5.97 Å². The molecule has 2 unspecified atom stereocenters. The van der Waals surface area contributed by atoms with E-state index in [9.17, 15) is 4.79 Å². The molecule has 0 saturated heterocycles. The molecule has 19 heavy (non-hydrogen) atoms. The van der Waals surface area contributed by atoms with E-state index >= 15 is 0 Å². The molecule has 1 aliphatic rings. The first-order valence-electron chi connectivity index (χ1n) is 6.70. The van der Waals surface area contributed by atoms with Crippen LogP contribution in [0, 0.1) is 6.92 Å². The fraction of sp³-hybridized carbons (Fsp3) is 0.571. The first-order valence-corrected chi connectivity index (χ1v) is 7.75. The highest BCUT2D eigenvalue weighted by Gasteiger charge is 2.27. The third kappa shape index (κ3) is 3.62. The maximum absolute atomic E-state index is 11.0. The Morgan fingerprint density at radius 3 is 3.00 bits per heavy atom. The van der Waals surface area contributed by atoms with Crippen molar-refractivity contribution in [3.05, 3.63) is 23.4 Å². The zero-order chi connectivity index (χ0) is 13.8. The van der Waals surface area contributed by atoms with Crippen molar-refractivity contribution >= 4 is 23.5 Å². The van der Waals surface area contributed by atoms with Gasteiger partial charge in [-0.15, -0.1) is 0 Å². The van der Waals surface area contributed by atoms with Gasteiger partial charge in [-0.2, -0.15) is 11.8 Å². The highest BCUT2D eigenvalue weighted by atomic mass is 32.2. The third-order valence-electron chi connectivity index (χ3n) is 3.37. The predicted octanol–water partition coefficient (Wildman–Crippen LogP) is 3.17. The van der Waals surface area contributed by atoms with Crippen LogP contribution in [0.5, 0.6) is 0 Å². The number of pyridine rings is 1. The lowest BCUT2D eigenvalue weighted by Crippen LogP contribution is -2.26. The fourth-order valence-corrected chi connectivity index (χ4v) is 3.76. The van der Waals surface area contributed by atoms with Crippen LogP contribution in [0.15, 0.2) is 12.1 Å². The van der Waals surface area contributed by atoms with Crippen LogP contribution in [0.4, 0.5) is 5.82 Å². The van der Waals surface area contributed by atoms with Crippen molar-refractivity contribution in [3.63, 3.8) is 0 Å². The maximum Gasteiger partial charge on any atom is 0.335 e. The van der Waals surface area contributed by atoms with Gasteiger partial charge in [0, 0.05) is 17.0 Å². The lowest BCUT2D eigenvalue weighted by molar-refractivity contribution is 0.0696. The normalized spacial score (nSPS) is 22.4. The van der Waals surface area contributed by atoms with Gasteiger partial charge in [0.2, 0.25) is 0 Å². The Morgan fingerprint density at radius 1 is 1.53 bits per heavy atom. The molecule has 1 fully saturated rings. The molecule has 1 aromatic rings. The minimum absolute atomic E-state index is 0.299. The van der Waals surface area contributed by atoms with Crippen LogP contribution >= 0.6 is 11.8 Å². The second-order valence-electron chi connectivity index (χ2n) is 4.86. The van der Waals surface area contributed by atoms with Crippen molar-refractivity contribution in [2.75, 3.05) is 11.1 Å². The average Bonchev–Trinajstić information content (AvgIpc) is 2.76. The SMILES string of the molecule is CCSC1CCCC1Nc1cc(C(=O)O)cc(C)n1.